The summed E-state index contributed by atoms with van der Waals surface area (Å²) >= 11 is 0. The van der Waals surface area contributed by atoms with E-state index < -0.39 is 0 Å². The molecule has 1 aromatic heterocycles. The van der Waals surface area contributed by atoms with Crippen molar-refractivity contribution in [1.29, 1.82) is 0 Å². The Hall–Kier alpha value is -2.36. The van der Waals surface area contributed by atoms with Gasteiger partial charge in [-0.25, -0.2) is 4.98 Å². The third-order valence-corrected chi connectivity index (χ3v) is 2.65. The van der Waals surface area contributed by atoms with Crippen LogP contribution in [0, 0.1) is 13.8 Å². The first-order valence-corrected chi connectivity index (χ1v) is 5.66. The van der Waals surface area contributed by atoms with Crippen molar-refractivity contribution in [1.82, 2.24) is 4.98 Å². The smallest absolute Gasteiger partial charge is 0.274 e. The van der Waals surface area contributed by atoms with Crippen LogP contribution in [0.4, 0.5) is 11.4 Å². The van der Waals surface area contributed by atoms with E-state index in [1.54, 1.807) is 12.1 Å². The minimum atomic E-state index is -0.234. The normalized spacial score (nSPS) is 10.1. The van der Waals surface area contributed by atoms with Gasteiger partial charge in [-0.2, -0.15) is 0 Å². The zero-order valence-electron chi connectivity index (χ0n) is 10.4. The Morgan fingerprint density at radius 2 is 2.00 bits per heavy atom. The number of rotatable bonds is 2. The van der Waals surface area contributed by atoms with Gasteiger partial charge in [-0.3, -0.25) is 4.79 Å². The highest BCUT2D eigenvalue weighted by atomic mass is 16.1. The quantitative estimate of drug-likeness (QED) is 0.849. The van der Waals surface area contributed by atoms with E-state index in [1.807, 2.05) is 32.0 Å². The molecule has 1 heterocycles. The number of hydrogen-bond donors (Lipinski definition) is 2. The number of amides is 1. The van der Waals surface area contributed by atoms with Crippen LogP contribution in [0.5, 0.6) is 0 Å². The van der Waals surface area contributed by atoms with E-state index in [9.17, 15) is 4.79 Å². The molecule has 1 aromatic carbocycles. The molecule has 0 spiro atoms. The molecule has 18 heavy (non-hydrogen) atoms. The van der Waals surface area contributed by atoms with Gasteiger partial charge >= 0.3 is 0 Å². The molecule has 2 rings (SSSR count). The van der Waals surface area contributed by atoms with Crippen molar-refractivity contribution >= 4 is 17.3 Å². The fourth-order valence-corrected chi connectivity index (χ4v) is 1.68. The number of nitrogens with one attached hydrogen (secondary N) is 1. The van der Waals surface area contributed by atoms with Crippen molar-refractivity contribution in [3.8, 4) is 0 Å². The molecule has 0 bridgehead atoms. The van der Waals surface area contributed by atoms with Crippen LogP contribution in [0.15, 0.2) is 36.5 Å². The molecule has 0 aliphatic carbocycles. The third kappa shape index (κ3) is 2.66. The molecule has 0 unspecified atom stereocenters. The summed E-state index contributed by atoms with van der Waals surface area (Å²) in [5.74, 6) is -0.234. The van der Waals surface area contributed by atoms with Gasteiger partial charge in [0.1, 0.15) is 5.69 Å². The van der Waals surface area contributed by atoms with Crippen LogP contribution in [0.3, 0.4) is 0 Å². The van der Waals surface area contributed by atoms with Crippen LogP contribution in [0.25, 0.3) is 0 Å². The molecule has 0 saturated carbocycles. The predicted octanol–water partition coefficient (Wildman–Crippen LogP) is 2.53. The molecule has 0 radical (unpaired) electrons. The van der Waals surface area contributed by atoms with Gasteiger partial charge in [-0.15, -0.1) is 0 Å². The highest BCUT2D eigenvalue weighted by Crippen LogP contribution is 2.16. The second-order valence-corrected chi connectivity index (χ2v) is 4.25. The number of nitrogen functional groups attached to an aromatic ring is 1. The highest BCUT2D eigenvalue weighted by molar-refractivity contribution is 6.03. The minimum absolute atomic E-state index is 0.234. The standard InChI is InChI=1S/C14H15N3O/c1-9-3-5-12(10(2)7-9)17-14(18)13-6-4-11(15)8-16-13/h3-8H,15H2,1-2H3,(H,17,18). The molecule has 0 atom stereocenters. The Morgan fingerprint density at radius 3 is 2.61 bits per heavy atom. The zero-order chi connectivity index (χ0) is 13.1. The van der Waals surface area contributed by atoms with E-state index in [0.29, 0.717) is 11.4 Å². The summed E-state index contributed by atoms with van der Waals surface area (Å²) in [6, 6.07) is 9.13. The Kier molecular flexibility index (Phi) is 3.28. The van der Waals surface area contributed by atoms with Crippen LogP contribution in [-0.4, -0.2) is 10.9 Å². The number of nitrogens with zero attached hydrogens (tertiary/aromatic N) is 1. The molecule has 4 nitrogen and oxygen atoms in total. The molecule has 3 N–H and O–H groups in total. The summed E-state index contributed by atoms with van der Waals surface area (Å²) < 4.78 is 0. The van der Waals surface area contributed by atoms with Crippen molar-refractivity contribution in [2.24, 2.45) is 0 Å². The van der Waals surface area contributed by atoms with E-state index in [0.717, 1.165) is 16.8 Å². The van der Waals surface area contributed by atoms with E-state index in [-0.39, 0.29) is 5.91 Å². The Morgan fingerprint density at radius 1 is 1.22 bits per heavy atom. The Labute approximate surface area is 106 Å². The lowest BCUT2D eigenvalue weighted by Gasteiger charge is -2.08. The summed E-state index contributed by atoms with van der Waals surface area (Å²) in [4.78, 5) is 15.9. The van der Waals surface area contributed by atoms with Gasteiger partial charge < -0.3 is 11.1 Å². The zero-order valence-corrected chi connectivity index (χ0v) is 10.4. The van der Waals surface area contributed by atoms with Crippen molar-refractivity contribution in [3.63, 3.8) is 0 Å². The first-order valence-electron chi connectivity index (χ1n) is 5.66. The summed E-state index contributed by atoms with van der Waals surface area (Å²) in [6.07, 6.45) is 1.47. The maximum Gasteiger partial charge on any atom is 0.274 e. The van der Waals surface area contributed by atoms with Crippen LogP contribution >= 0.6 is 0 Å². The van der Waals surface area contributed by atoms with Gasteiger partial charge in [-0.1, -0.05) is 17.7 Å². The fraction of sp³-hybridized carbons (Fsp3) is 0.143. The molecule has 1 amide bonds. The maximum absolute atomic E-state index is 11.9. The monoisotopic (exact) mass is 241 g/mol. The van der Waals surface area contributed by atoms with Crippen LogP contribution in [0.2, 0.25) is 0 Å². The van der Waals surface area contributed by atoms with Crippen LogP contribution in [0.1, 0.15) is 21.6 Å². The first kappa shape index (κ1) is 12.1. The molecule has 0 saturated heterocycles. The van der Waals surface area contributed by atoms with Crippen LogP contribution in [-0.2, 0) is 0 Å². The molecule has 2 aromatic rings. The summed E-state index contributed by atoms with van der Waals surface area (Å²) in [5.41, 5.74) is 9.40. The van der Waals surface area contributed by atoms with Crippen molar-refractivity contribution in [2.45, 2.75) is 13.8 Å². The summed E-state index contributed by atoms with van der Waals surface area (Å²) in [7, 11) is 0. The number of hydrogen-bond acceptors (Lipinski definition) is 3. The summed E-state index contributed by atoms with van der Waals surface area (Å²) in [6.45, 7) is 3.97. The lowest BCUT2D eigenvalue weighted by molar-refractivity contribution is 0.102. The molecule has 0 fully saturated rings. The fourth-order valence-electron chi connectivity index (χ4n) is 1.68. The Bertz CT molecular complexity index is 576. The first-order chi connectivity index (χ1) is 8.56. The largest absolute Gasteiger partial charge is 0.397 e. The highest BCUT2D eigenvalue weighted by Gasteiger charge is 2.08. The number of benzene rings is 1. The van der Waals surface area contributed by atoms with E-state index >= 15 is 0 Å². The molecule has 0 aliphatic heterocycles. The second kappa shape index (κ2) is 4.87. The van der Waals surface area contributed by atoms with Crippen LogP contribution < -0.4 is 11.1 Å². The predicted molar refractivity (Wildman–Crippen MR) is 72.5 cm³/mol. The van der Waals surface area contributed by atoms with Crippen molar-refractivity contribution in [3.05, 3.63) is 53.3 Å². The van der Waals surface area contributed by atoms with E-state index in [1.165, 1.54) is 6.20 Å². The molecular weight excluding hydrogens is 226 g/mol. The second-order valence-electron chi connectivity index (χ2n) is 4.25. The molecule has 92 valence electrons. The van der Waals surface area contributed by atoms with E-state index in [4.69, 9.17) is 5.73 Å². The molecular formula is C14H15N3O. The number of anilines is 2. The number of carbonyl (C=O) groups excluding carboxylic acids is 1. The van der Waals surface area contributed by atoms with Gasteiger partial charge in [0, 0.05) is 5.69 Å². The SMILES string of the molecule is Cc1ccc(NC(=O)c2ccc(N)cn2)c(C)c1. The lowest BCUT2D eigenvalue weighted by Crippen LogP contribution is -2.14. The molecule has 4 heteroatoms. The van der Waals surface area contributed by atoms with E-state index in [2.05, 4.69) is 10.3 Å². The number of pyridine rings is 1. The average Bonchev–Trinajstić information content (AvgIpc) is 2.33. The van der Waals surface area contributed by atoms with Crippen molar-refractivity contribution < 1.29 is 4.79 Å². The van der Waals surface area contributed by atoms with Gasteiger partial charge in [0.2, 0.25) is 0 Å². The van der Waals surface area contributed by atoms with Gasteiger partial charge in [0.25, 0.3) is 5.91 Å². The topological polar surface area (TPSA) is 68.0 Å². The van der Waals surface area contributed by atoms with Gasteiger partial charge in [0.05, 0.1) is 11.9 Å². The number of aromatic nitrogens is 1. The number of aryl methyl sites for hydroxylation is 2. The maximum atomic E-state index is 11.9. The van der Waals surface area contributed by atoms with Crippen molar-refractivity contribution in [2.75, 3.05) is 11.1 Å². The number of nitrogens with two attached hydrogens (primary N) is 1. The third-order valence-electron chi connectivity index (χ3n) is 2.65. The lowest BCUT2D eigenvalue weighted by atomic mass is 10.1. The van der Waals surface area contributed by atoms with Gasteiger partial charge in [0.15, 0.2) is 0 Å². The Balaban J connectivity index is 2.18. The number of carbonyl (C=O) groups is 1. The minimum Gasteiger partial charge on any atom is -0.397 e. The van der Waals surface area contributed by atoms with Gasteiger partial charge in [-0.05, 0) is 37.6 Å². The average molecular weight is 241 g/mol. The summed E-state index contributed by atoms with van der Waals surface area (Å²) in [5, 5.41) is 2.83. The molecule has 0 aliphatic rings.